The molecule has 0 aliphatic carbocycles. The van der Waals surface area contributed by atoms with Crippen LogP contribution in [-0.2, 0) is 10.0 Å². The molecule has 2 aromatic rings. The molecule has 0 amide bonds. The zero-order valence-corrected chi connectivity index (χ0v) is 12.0. The number of thiocarbonyl (C=S) groups is 1. The van der Waals surface area contributed by atoms with Crippen molar-refractivity contribution in [3.8, 4) is 0 Å². The molecule has 1 heterocycles. The molecule has 0 saturated carbocycles. The molecule has 2 rings (SSSR count). The van der Waals surface area contributed by atoms with E-state index >= 15 is 0 Å². The standard InChI is InChI=1S/C12H9F2N3O2S2/c13-7-1-2-11(10(4-7)12(15)20)17-21(18,19)9-3-8(14)5-16-6-9/h1-6,17H,(H2,15,20). The largest absolute Gasteiger partial charge is 0.389 e. The molecule has 0 aliphatic rings. The first kappa shape index (κ1) is 15.3. The van der Waals surface area contributed by atoms with Crippen LogP contribution < -0.4 is 10.5 Å². The third-order valence-corrected chi connectivity index (χ3v) is 4.03. The fraction of sp³-hybridized carbons (Fsp3) is 0. The minimum absolute atomic E-state index is 0.00633. The average molecular weight is 329 g/mol. The van der Waals surface area contributed by atoms with E-state index in [9.17, 15) is 17.2 Å². The lowest BCUT2D eigenvalue weighted by molar-refractivity contribution is 0.592. The Hall–Kier alpha value is -2.13. The molecule has 0 radical (unpaired) electrons. The molecule has 3 N–H and O–H groups in total. The van der Waals surface area contributed by atoms with Crippen LogP contribution in [0.25, 0.3) is 0 Å². The molecule has 0 spiro atoms. The highest BCUT2D eigenvalue weighted by Crippen LogP contribution is 2.21. The smallest absolute Gasteiger partial charge is 0.263 e. The van der Waals surface area contributed by atoms with E-state index < -0.39 is 21.7 Å². The van der Waals surface area contributed by atoms with Gasteiger partial charge in [0.15, 0.2) is 0 Å². The highest BCUT2D eigenvalue weighted by atomic mass is 32.2. The molecule has 5 nitrogen and oxygen atoms in total. The number of rotatable bonds is 4. The Morgan fingerprint density at radius 2 is 1.90 bits per heavy atom. The van der Waals surface area contributed by atoms with Crippen LogP contribution in [0.1, 0.15) is 5.56 Å². The normalized spacial score (nSPS) is 11.1. The van der Waals surface area contributed by atoms with Gasteiger partial charge in [-0.05, 0) is 24.3 Å². The molecule has 1 aromatic carbocycles. The van der Waals surface area contributed by atoms with E-state index in [0.29, 0.717) is 0 Å². The Kier molecular flexibility index (Phi) is 4.14. The van der Waals surface area contributed by atoms with E-state index in [1.165, 1.54) is 6.07 Å². The number of aromatic nitrogens is 1. The minimum Gasteiger partial charge on any atom is -0.389 e. The van der Waals surface area contributed by atoms with E-state index in [0.717, 1.165) is 30.6 Å². The summed E-state index contributed by atoms with van der Waals surface area (Å²) in [6.45, 7) is 0. The van der Waals surface area contributed by atoms with E-state index in [2.05, 4.69) is 9.71 Å². The van der Waals surface area contributed by atoms with Gasteiger partial charge in [-0.2, -0.15) is 0 Å². The van der Waals surface area contributed by atoms with Gasteiger partial charge in [0.05, 0.1) is 11.9 Å². The maximum atomic E-state index is 13.2. The summed E-state index contributed by atoms with van der Waals surface area (Å²) in [5.41, 5.74) is 5.44. The second-order valence-electron chi connectivity index (χ2n) is 4.00. The minimum atomic E-state index is -4.09. The van der Waals surface area contributed by atoms with Crippen molar-refractivity contribution in [2.24, 2.45) is 5.73 Å². The van der Waals surface area contributed by atoms with Crippen molar-refractivity contribution in [2.75, 3.05) is 4.72 Å². The predicted octanol–water partition coefficient (Wildman–Crippen LogP) is 1.79. The van der Waals surface area contributed by atoms with Crippen molar-refractivity contribution in [1.82, 2.24) is 4.98 Å². The van der Waals surface area contributed by atoms with Crippen LogP contribution in [0.3, 0.4) is 0 Å². The number of halogens is 2. The van der Waals surface area contributed by atoms with Gasteiger partial charge in [0.1, 0.15) is 21.5 Å². The second-order valence-corrected chi connectivity index (χ2v) is 6.12. The van der Waals surface area contributed by atoms with Crippen LogP contribution in [0.4, 0.5) is 14.5 Å². The molecule has 0 saturated heterocycles. The lowest BCUT2D eigenvalue weighted by Gasteiger charge is -2.11. The molecule has 0 fully saturated rings. The fourth-order valence-corrected chi connectivity index (χ4v) is 2.77. The number of sulfonamides is 1. The summed E-state index contributed by atoms with van der Waals surface area (Å²) >= 11 is 4.74. The molecule has 21 heavy (non-hydrogen) atoms. The van der Waals surface area contributed by atoms with Gasteiger partial charge in [-0.25, -0.2) is 17.2 Å². The van der Waals surface area contributed by atoms with Crippen molar-refractivity contribution in [1.29, 1.82) is 0 Å². The van der Waals surface area contributed by atoms with Crippen LogP contribution >= 0.6 is 12.2 Å². The number of nitrogens with one attached hydrogen (secondary N) is 1. The van der Waals surface area contributed by atoms with Crippen molar-refractivity contribution in [2.45, 2.75) is 4.90 Å². The van der Waals surface area contributed by atoms with Crippen molar-refractivity contribution in [3.63, 3.8) is 0 Å². The van der Waals surface area contributed by atoms with E-state index in [1.807, 2.05) is 0 Å². The van der Waals surface area contributed by atoms with Gasteiger partial charge in [-0.3, -0.25) is 9.71 Å². The Bertz CT molecular complexity index is 810. The number of hydrogen-bond donors (Lipinski definition) is 2. The molecule has 110 valence electrons. The number of hydrogen-bond acceptors (Lipinski definition) is 4. The molecule has 0 aliphatic heterocycles. The Balaban J connectivity index is 2.44. The van der Waals surface area contributed by atoms with Crippen molar-refractivity contribution < 1.29 is 17.2 Å². The van der Waals surface area contributed by atoms with Gasteiger partial charge >= 0.3 is 0 Å². The molecule has 0 atom stereocenters. The third-order valence-electron chi connectivity index (χ3n) is 2.48. The van der Waals surface area contributed by atoms with Gasteiger partial charge in [0.2, 0.25) is 0 Å². The first-order valence-corrected chi connectivity index (χ1v) is 7.41. The van der Waals surface area contributed by atoms with Crippen molar-refractivity contribution >= 4 is 32.9 Å². The number of pyridine rings is 1. The Morgan fingerprint density at radius 3 is 2.52 bits per heavy atom. The third kappa shape index (κ3) is 3.50. The highest BCUT2D eigenvalue weighted by Gasteiger charge is 2.18. The summed E-state index contributed by atoms with van der Waals surface area (Å²) in [7, 11) is -4.09. The lowest BCUT2D eigenvalue weighted by atomic mass is 10.2. The quantitative estimate of drug-likeness (QED) is 0.836. The molecular formula is C12H9F2N3O2S2. The zero-order valence-electron chi connectivity index (χ0n) is 10.4. The maximum Gasteiger partial charge on any atom is 0.263 e. The van der Waals surface area contributed by atoms with Crippen LogP contribution in [0.15, 0.2) is 41.6 Å². The van der Waals surface area contributed by atoms with Gasteiger partial charge in [0.25, 0.3) is 10.0 Å². The highest BCUT2D eigenvalue weighted by molar-refractivity contribution is 7.92. The van der Waals surface area contributed by atoms with Crippen molar-refractivity contribution in [3.05, 3.63) is 53.9 Å². The fourth-order valence-electron chi connectivity index (χ4n) is 1.55. The van der Waals surface area contributed by atoms with Crippen LogP contribution in [0.2, 0.25) is 0 Å². The summed E-state index contributed by atoms with van der Waals surface area (Å²) in [4.78, 5) is 2.91. The monoisotopic (exact) mass is 329 g/mol. The van der Waals surface area contributed by atoms with Gasteiger partial charge in [-0.15, -0.1) is 0 Å². The van der Waals surface area contributed by atoms with E-state index in [1.54, 1.807) is 0 Å². The summed E-state index contributed by atoms with van der Waals surface area (Å²) in [5, 5.41) is 0. The summed E-state index contributed by atoms with van der Waals surface area (Å²) in [6.07, 6.45) is 1.85. The van der Waals surface area contributed by atoms with Crippen LogP contribution in [0.5, 0.6) is 0 Å². The van der Waals surface area contributed by atoms with Gasteiger partial charge in [0, 0.05) is 11.8 Å². The number of nitrogens with two attached hydrogens (primary N) is 1. The van der Waals surface area contributed by atoms with Crippen LogP contribution in [0, 0.1) is 11.6 Å². The van der Waals surface area contributed by atoms with Gasteiger partial charge < -0.3 is 5.73 Å². The van der Waals surface area contributed by atoms with Gasteiger partial charge in [-0.1, -0.05) is 12.2 Å². The summed E-state index contributed by atoms with van der Waals surface area (Å²) in [5.74, 6) is -1.42. The van der Waals surface area contributed by atoms with Crippen LogP contribution in [-0.4, -0.2) is 18.4 Å². The number of benzene rings is 1. The van der Waals surface area contributed by atoms with E-state index in [4.69, 9.17) is 18.0 Å². The molecule has 9 heteroatoms. The average Bonchev–Trinajstić information content (AvgIpc) is 2.40. The molecule has 0 unspecified atom stereocenters. The topological polar surface area (TPSA) is 85.1 Å². The SMILES string of the molecule is NC(=S)c1cc(F)ccc1NS(=O)(=O)c1cncc(F)c1. The number of anilines is 1. The molecular weight excluding hydrogens is 320 g/mol. The molecule has 1 aromatic heterocycles. The first-order chi connectivity index (χ1) is 9.79. The predicted molar refractivity (Wildman–Crippen MR) is 77.3 cm³/mol. The summed E-state index contributed by atoms with van der Waals surface area (Å²) < 4.78 is 52.6. The number of nitrogens with zero attached hydrogens (tertiary/aromatic N) is 1. The zero-order chi connectivity index (χ0) is 15.6. The molecule has 0 bridgehead atoms. The lowest BCUT2D eigenvalue weighted by Crippen LogP contribution is -2.18. The maximum absolute atomic E-state index is 13.2. The second kappa shape index (κ2) is 5.70. The Labute approximate surface area is 124 Å². The Morgan fingerprint density at radius 1 is 1.19 bits per heavy atom. The van der Waals surface area contributed by atoms with E-state index in [-0.39, 0.29) is 21.1 Å². The summed E-state index contributed by atoms with van der Waals surface area (Å²) in [6, 6.07) is 4.03. The first-order valence-electron chi connectivity index (χ1n) is 5.52.